The van der Waals surface area contributed by atoms with Gasteiger partial charge in [-0.2, -0.15) is 0 Å². The number of aromatic nitrogens is 1. The molecule has 0 spiro atoms. The average molecular weight is 335 g/mol. The van der Waals surface area contributed by atoms with Gasteiger partial charge in [0, 0.05) is 14.9 Å². The second-order valence-corrected chi connectivity index (χ2v) is 5.01. The summed E-state index contributed by atoms with van der Waals surface area (Å²) < 4.78 is 2.02. The highest BCUT2D eigenvalue weighted by atomic mass is 79.9. The number of benzene rings is 1. The summed E-state index contributed by atoms with van der Waals surface area (Å²) in [6.07, 6.45) is 0. The summed E-state index contributed by atoms with van der Waals surface area (Å²) >= 11 is 12.9. The topological polar surface area (TPSA) is 12.9 Å². The third kappa shape index (κ3) is 1.69. The Morgan fingerprint density at radius 2 is 1.93 bits per heavy atom. The molecule has 2 aromatic rings. The van der Waals surface area contributed by atoms with E-state index in [-0.39, 0.29) is 0 Å². The molecule has 0 unspecified atom stereocenters. The maximum absolute atomic E-state index is 5.90. The summed E-state index contributed by atoms with van der Waals surface area (Å²) in [5, 5.41) is 1.77. The third-order valence-corrected chi connectivity index (χ3v) is 4.56. The summed E-state index contributed by atoms with van der Waals surface area (Å²) in [7, 11) is 0. The minimum atomic E-state index is 0.707. The van der Waals surface area contributed by atoms with Crippen molar-refractivity contribution in [3.05, 3.63) is 37.9 Å². The molecule has 0 aliphatic rings. The first-order chi connectivity index (χ1) is 6.59. The van der Waals surface area contributed by atoms with Gasteiger partial charge in [0.1, 0.15) is 0 Å². The minimum Gasteiger partial charge on any atom is -0.252 e. The van der Waals surface area contributed by atoms with E-state index in [0.717, 1.165) is 25.5 Å². The standard InChI is InChI=1S/C10H6Br2ClN/c1-5-9(11)10(12)7-3-2-6(13)4-8(7)14-5/h2-4H,1H3. The number of pyridine rings is 1. The van der Waals surface area contributed by atoms with Crippen LogP contribution in [0.2, 0.25) is 5.02 Å². The third-order valence-electron chi connectivity index (χ3n) is 1.99. The highest BCUT2D eigenvalue weighted by molar-refractivity contribution is 9.13. The lowest BCUT2D eigenvalue weighted by Gasteiger charge is -2.05. The van der Waals surface area contributed by atoms with Crippen LogP contribution in [0.5, 0.6) is 0 Å². The van der Waals surface area contributed by atoms with Crippen LogP contribution in [-0.4, -0.2) is 4.98 Å². The molecule has 0 amide bonds. The summed E-state index contributed by atoms with van der Waals surface area (Å²) in [6, 6.07) is 5.68. The van der Waals surface area contributed by atoms with Gasteiger partial charge in [0.05, 0.1) is 15.7 Å². The van der Waals surface area contributed by atoms with E-state index >= 15 is 0 Å². The van der Waals surface area contributed by atoms with Gasteiger partial charge in [0.2, 0.25) is 0 Å². The Balaban J connectivity index is 2.91. The van der Waals surface area contributed by atoms with Gasteiger partial charge in [-0.3, -0.25) is 4.98 Å². The van der Waals surface area contributed by atoms with Crippen molar-refractivity contribution in [3.8, 4) is 0 Å². The molecular weight excluding hydrogens is 329 g/mol. The van der Waals surface area contributed by atoms with Crippen molar-refractivity contribution in [1.82, 2.24) is 4.98 Å². The minimum absolute atomic E-state index is 0.707. The Hall–Kier alpha value is -0.120. The van der Waals surface area contributed by atoms with Gasteiger partial charge in [0.25, 0.3) is 0 Å². The maximum atomic E-state index is 5.90. The fraction of sp³-hybridized carbons (Fsp3) is 0.100. The summed E-state index contributed by atoms with van der Waals surface area (Å²) in [5.41, 5.74) is 1.86. The van der Waals surface area contributed by atoms with Gasteiger partial charge in [-0.15, -0.1) is 0 Å². The Kier molecular flexibility index (Phi) is 2.82. The van der Waals surface area contributed by atoms with E-state index in [2.05, 4.69) is 36.8 Å². The van der Waals surface area contributed by atoms with E-state index in [4.69, 9.17) is 11.6 Å². The van der Waals surface area contributed by atoms with Crippen LogP contribution in [0.15, 0.2) is 27.1 Å². The molecule has 14 heavy (non-hydrogen) atoms. The van der Waals surface area contributed by atoms with Crippen molar-refractivity contribution in [2.45, 2.75) is 6.92 Å². The highest BCUT2D eigenvalue weighted by Crippen LogP contribution is 2.33. The smallest absolute Gasteiger partial charge is 0.0732 e. The zero-order valence-corrected chi connectivity index (χ0v) is 11.2. The molecule has 0 N–H and O–H groups in total. The van der Waals surface area contributed by atoms with Gasteiger partial charge in [-0.05, 0) is 50.9 Å². The molecule has 0 radical (unpaired) electrons. The van der Waals surface area contributed by atoms with Gasteiger partial charge in [0.15, 0.2) is 0 Å². The highest BCUT2D eigenvalue weighted by Gasteiger charge is 2.07. The Labute approximate surface area is 104 Å². The molecule has 4 heteroatoms. The molecule has 1 heterocycles. The van der Waals surface area contributed by atoms with E-state index in [0.29, 0.717) is 5.02 Å². The largest absolute Gasteiger partial charge is 0.252 e. The second kappa shape index (κ2) is 3.80. The van der Waals surface area contributed by atoms with Gasteiger partial charge in [-0.25, -0.2) is 0 Å². The van der Waals surface area contributed by atoms with Crippen molar-refractivity contribution in [1.29, 1.82) is 0 Å². The average Bonchev–Trinajstić information content (AvgIpc) is 2.14. The lowest BCUT2D eigenvalue weighted by molar-refractivity contribution is 1.22. The fourth-order valence-electron chi connectivity index (χ4n) is 1.29. The summed E-state index contributed by atoms with van der Waals surface area (Å²) in [5.74, 6) is 0. The number of hydrogen-bond acceptors (Lipinski definition) is 1. The first-order valence-corrected chi connectivity index (χ1v) is 5.97. The summed E-state index contributed by atoms with van der Waals surface area (Å²) in [4.78, 5) is 4.44. The van der Waals surface area contributed by atoms with E-state index in [1.807, 2.05) is 25.1 Å². The molecule has 0 aliphatic heterocycles. The Morgan fingerprint density at radius 3 is 2.64 bits per heavy atom. The van der Waals surface area contributed by atoms with E-state index < -0.39 is 0 Å². The zero-order valence-electron chi connectivity index (χ0n) is 7.31. The van der Waals surface area contributed by atoms with Crippen LogP contribution in [0.4, 0.5) is 0 Å². The van der Waals surface area contributed by atoms with E-state index in [1.54, 1.807) is 0 Å². The molecular formula is C10H6Br2ClN. The number of nitrogens with zero attached hydrogens (tertiary/aromatic N) is 1. The molecule has 1 nitrogen and oxygen atoms in total. The zero-order chi connectivity index (χ0) is 10.3. The molecule has 0 saturated heterocycles. The first-order valence-electron chi connectivity index (χ1n) is 4.00. The van der Waals surface area contributed by atoms with Crippen molar-refractivity contribution in [3.63, 3.8) is 0 Å². The van der Waals surface area contributed by atoms with Gasteiger partial charge in [-0.1, -0.05) is 17.7 Å². The molecule has 0 atom stereocenters. The van der Waals surface area contributed by atoms with Crippen LogP contribution in [0, 0.1) is 6.92 Å². The first kappa shape index (κ1) is 10.4. The fourth-order valence-corrected chi connectivity index (χ4v) is 2.38. The number of rotatable bonds is 0. The summed E-state index contributed by atoms with van der Waals surface area (Å²) in [6.45, 7) is 1.95. The number of hydrogen-bond donors (Lipinski definition) is 0. The second-order valence-electron chi connectivity index (χ2n) is 2.99. The Morgan fingerprint density at radius 1 is 1.21 bits per heavy atom. The van der Waals surface area contributed by atoms with Crippen LogP contribution in [0.25, 0.3) is 10.9 Å². The maximum Gasteiger partial charge on any atom is 0.0732 e. The predicted octanol–water partition coefficient (Wildman–Crippen LogP) is 4.72. The van der Waals surface area contributed by atoms with Gasteiger partial charge < -0.3 is 0 Å². The number of halogens is 3. The molecule has 1 aromatic carbocycles. The number of aryl methyl sites for hydroxylation is 1. The molecule has 2 rings (SSSR count). The van der Waals surface area contributed by atoms with Crippen LogP contribution in [0.1, 0.15) is 5.69 Å². The van der Waals surface area contributed by atoms with Crippen molar-refractivity contribution in [2.24, 2.45) is 0 Å². The lowest BCUT2D eigenvalue weighted by Crippen LogP contribution is -1.87. The lowest BCUT2D eigenvalue weighted by atomic mass is 10.2. The van der Waals surface area contributed by atoms with Gasteiger partial charge >= 0.3 is 0 Å². The quantitative estimate of drug-likeness (QED) is 0.679. The van der Waals surface area contributed by atoms with Crippen LogP contribution in [0.3, 0.4) is 0 Å². The van der Waals surface area contributed by atoms with Crippen LogP contribution < -0.4 is 0 Å². The monoisotopic (exact) mass is 333 g/mol. The molecule has 1 aromatic heterocycles. The van der Waals surface area contributed by atoms with Crippen LogP contribution >= 0.6 is 43.5 Å². The van der Waals surface area contributed by atoms with E-state index in [1.165, 1.54) is 0 Å². The van der Waals surface area contributed by atoms with E-state index in [9.17, 15) is 0 Å². The van der Waals surface area contributed by atoms with Crippen LogP contribution in [-0.2, 0) is 0 Å². The van der Waals surface area contributed by atoms with Crippen molar-refractivity contribution in [2.75, 3.05) is 0 Å². The van der Waals surface area contributed by atoms with Crippen molar-refractivity contribution >= 4 is 54.4 Å². The molecule has 0 saturated carbocycles. The molecule has 72 valence electrons. The molecule has 0 bridgehead atoms. The predicted molar refractivity (Wildman–Crippen MR) is 66.9 cm³/mol. The van der Waals surface area contributed by atoms with Crippen molar-refractivity contribution < 1.29 is 0 Å². The molecule has 0 aliphatic carbocycles. The number of fused-ring (bicyclic) bond motifs is 1. The normalized spacial score (nSPS) is 10.9. The molecule has 0 fully saturated rings. The Bertz CT molecular complexity index is 511. The SMILES string of the molecule is Cc1nc2cc(Cl)ccc2c(Br)c1Br.